The number of sulfonamides is 1. The summed E-state index contributed by atoms with van der Waals surface area (Å²) >= 11 is 0. The average molecular weight is 436 g/mol. The van der Waals surface area contributed by atoms with Crippen LogP contribution in [-0.2, 0) is 19.6 Å². The zero-order chi connectivity index (χ0) is 21.9. The normalized spacial score (nSPS) is 16.4. The van der Waals surface area contributed by atoms with Crippen LogP contribution in [0.2, 0.25) is 0 Å². The van der Waals surface area contributed by atoms with Crippen molar-refractivity contribution in [1.82, 2.24) is 4.31 Å². The van der Waals surface area contributed by atoms with E-state index >= 15 is 0 Å². The van der Waals surface area contributed by atoms with Crippen LogP contribution in [0.25, 0.3) is 0 Å². The van der Waals surface area contributed by atoms with Gasteiger partial charge in [0, 0.05) is 37.4 Å². The summed E-state index contributed by atoms with van der Waals surface area (Å²) in [5.41, 5.74) is 0.391. The van der Waals surface area contributed by atoms with E-state index in [-0.39, 0.29) is 11.4 Å². The lowest BCUT2D eigenvalue weighted by Crippen LogP contribution is -2.44. The summed E-state index contributed by atoms with van der Waals surface area (Å²) < 4.78 is 48.4. The van der Waals surface area contributed by atoms with Crippen LogP contribution >= 0.6 is 0 Å². The molecule has 9 nitrogen and oxygen atoms in total. The number of hydrogen-bond acceptors (Lipinski definition) is 8. The van der Waals surface area contributed by atoms with Gasteiger partial charge in [-0.05, 0) is 19.1 Å². The number of methoxy groups -OCH3 is 3. The van der Waals surface area contributed by atoms with Gasteiger partial charge >= 0.3 is 5.97 Å². The van der Waals surface area contributed by atoms with Crippen LogP contribution in [0.3, 0.4) is 0 Å². The lowest BCUT2D eigenvalue weighted by atomic mass is 10.2. The quantitative estimate of drug-likeness (QED) is 0.689. The molecule has 0 aliphatic carbocycles. The fraction of sp³-hybridized carbons (Fsp3) is 0.350. The fourth-order valence-electron chi connectivity index (χ4n) is 3.15. The van der Waals surface area contributed by atoms with Gasteiger partial charge in [0.2, 0.25) is 10.0 Å². The third-order valence-corrected chi connectivity index (χ3v) is 6.75. The number of fused-ring (bicyclic) bond motifs is 1. The van der Waals surface area contributed by atoms with Gasteiger partial charge in [0.05, 0.1) is 27.0 Å². The van der Waals surface area contributed by atoms with Gasteiger partial charge in [-0.1, -0.05) is 0 Å². The molecule has 0 saturated carbocycles. The number of ether oxygens (including phenoxy) is 4. The molecule has 2 aromatic rings. The van der Waals surface area contributed by atoms with Crippen molar-refractivity contribution < 1.29 is 32.2 Å². The maximum Gasteiger partial charge on any atom is 0.323 e. The van der Waals surface area contributed by atoms with E-state index in [1.807, 2.05) is 0 Å². The van der Waals surface area contributed by atoms with Gasteiger partial charge in [-0.15, -0.1) is 0 Å². The number of carbonyl (C=O) groups is 1. The molecule has 1 atom stereocenters. The highest BCUT2D eigenvalue weighted by Crippen LogP contribution is 2.35. The smallest absolute Gasteiger partial charge is 0.323 e. The molecule has 1 N–H and O–H groups in total. The molecule has 0 bridgehead atoms. The Bertz CT molecular complexity index is 1020. The third kappa shape index (κ3) is 4.29. The molecule has 0 amide bonds. The fourth-order valence-corrected chi connectivity index (χ4v) is 4.88. The van der Waals surface area contributed by atoms with E-state index in [2.05, 4.69) is 5.32 Å². The molecule has 0 aromatic heterocycles. The van der Waals surface area contributed by atoms with Gasteiger partial charge in [0.25, 0.3) is 0 Å². The van der Waals surface area contributed by atoms with Crippen LogP contribution in [0.1, 0.15) is 6.92 Å². The first-order valence-corrected chi connectivity index (χ1v) is 10.6. The number of anilines is 1. The van der Waals surface area contributed by atoms with Crippen LogP contribution in [0, 0.1) is 0 Å². The molecule has 0 unspecified atom stereocenters. The lowest BCUT2D eigenvalue weighted by molar-refractivity contribution is -0.144. The number of rotatable bonds is 6. The van der Waals surface area contributed by atoms with Crippen molar-refractivity contribution in [2.75, 3.05) is 39.7 Å². The van der Waals surface area contributed by atoms with Crippen molar-refractivity contribution >= 4 is 21.7 Å². The van der Waals surface area contributed by atoms with E-state index < -0.39 is 22.0 Å². The van der Waals surface area contributed by atoms with Crippen LogP contribution in [0.4, 0.5) is 5.69 Å². The first-order valence-electron chi connectivity index (χ1n) is 9.18. The van der Waals surface area contributed by atoms with Crippen LogP contribution < -0.4 is 19.5 Å². The van der Waals surface area contributed by atoms with Crippen molar-refractivity contribution in [3.8, 4) is 23.0 Å². The minimum atomic E-state index is -3.91. The molecule has 30 heavy (non-hydrogen) atoms. The summed E-state index contributed by atoms with van der Waals surface area (Å²) in [6.45, 7) is 1.95. The Morgan fingerprint density at radius 1 is 1.00 bits per heavy atom. The number of carbonyl (C=O) groups excluding carboxylic acids is 1. The molecular formula is C20H24N2O7S. The second-order valence-corrected chi connectivity index (χ2v) is 8.41. The van der Waals surface area contributed by atoms with Gasteiger partial charge in [0.15, 0.2) is 0 Å². The van der Waals surface area contributed by atoms with E-state index in [1.165, 1.54) is 34.3 Å². The molecule has 3 rings (SSSR count). The Hall–Kier alpha value is -2.98. The summed E-state index contributed by atoms with van der Waals surface area (Å²) in [6.07, 6.45) is 0. The van der Waals surface area contributed by atoms with Gasteiger partial charge < -0.3 is 24.3 Å². The molecular weight excluding hydrogens is 412 g/mol. The van der Waals surface area contributed by atoms with E-state index in [0.717, 1.165) is 4.31 Å². The Balaban J connectivity index is 1.93. The number of hydrogen-bond donors (Lipinski definition) is 1. The van der Waals surface area contributed by atoms with Crippen molar-refractivity contribution in [1.29, 1.82) is 0 Å². The minimum Gasteiger partial charge on any atom is -0.496 e. The lowest BCUT2D eigenvalue weighted by Gasteiger charge is -2.24. The van der Waals surface area contributed by atoms with Gasteiger partial charge in [0.1, 0.15) is 33.9 Å². The minimum absolute atomic E-state index is 0.0614. The Morgan fingerprint density at radius 2 is 1.63 bits per heavy atom. The first kappa shape index (κ1) is 21.7. The molecule has 10 heteroatoms. The largest absolute Gasteiger partial charge is 0.496 e. The van der Waals surface area contributed by atoms with E-state index in [4.69, 9.17) is 18.9 Å². The molecule has 0 spiro atoms. The highest BCUT2D eigenvalue weighted by Gasteiger charge is 2.36. The van der Waals surface area contributed by atoms with Crippen molar-refractivity contribution in [3.05, 3.63) is 36.4 Å². The van der Waals surface area contributed by atoms with Crippen molar-refractivity contribution in [3.63, 3.8) is 0 Å². The predicted octanol–water partition coefficient (Wildman–Crippen LogP) is 2.47. The molecule has 162 valence electrons. The van der Waals surface area contributed by atoms with E-state index in [0.29, 0.717) is 35.2 Å². The summed E-state index contributed by atoms with van der Waals surface area (Å²) in [5.74, 6) is 1.42. The maximum atomic E-state index is 13.1. The third-order valence-electron chi connectivity index (χ3n) is 4.72. The molecule has 2 aromatic carbocycles. The highest BCUT2D eigenvalue weighted by atomic mass is 32.2. The Morgan fingerprint density at radius 3 is 2.23 bits per heavy atom. The number of esters is 1. The molecule has 0 radical (unpaired) electrons. The monoisotopic (exact) mass is 436 g/mol. The standard InChI is InChI=1S/C20H24N2O7S/c1-13(20(23)28-4)22-8-7-21-18-12-14(5-6-19(18)30(22,24)25)29-17-10-15(26-2)9-16(11-17)27-3/h5-6,9-13,21H,7-8H2,1-4H3/t13-/m1/s1. The second-order valence-electron chi connectivity index (χ2n) is 6.55. The summed E-state index contributed by atoms with van der Waals surface area (Å²) in [7, 11) is 0.396. The number of benzene rings is 2. The van der Waals surface area contributed by atoms with Gasteiger partial charge in [-0.3, -0.25) is 4.79 Å². The second kappa shape index (κ2) is 8.80. The Labute approximate surface area is 175 Å². The number of nitrogens with one attached hydrogen (secondary N) is 1. The topological polar surface area (TPSA) is 103 Å². The SMILES string of the molecule is COC(=O)[C@@H](C)N1CCNc2cc(Oc3cc(OC)cc(OC)c3)ccc2S1(=O)=O. The van der Waals surface area contributed by atoms with Crippen LogP contribution in [-0.4, -0.2) is 59.2 Å². The predicted molar refractivity (Wildman–Crippen MR) is 110 cm³/mol. The zero-order valence-electron chi connectivity index (χ0n) is 17.2. The summed E-state index contributed by atoms with van der Waals surface area (Å²) in [6, 6.07) is 8.77. The molecule has 0 saturated heterocycles. The maximum absolute atomic E-state index is 13.1. The van der Waals surface area contributed by atoms with Crippen LogP contribution in [0.15, 0.2) is 41.3 Å². The molecule has 0 fully saturated rings. The molecule has 1 aliphatic heterocycles. The summed E-state index contributed by atoms with van der Waals surface area (Å²) in [5, 5.41) is 3.09. The highest BCUT2D eigenvalue weighted by molar-refractivity contribution is 7.89. The molecule has 1 aliphatic rings. The summed E-state index contributed by atoms with van der Waals surface area (Å²) in [4.78, 5) is 12.0. The van der Waals surface area contributed by atoms with Crippen LogP contribution in [0.5, 0.6) is 23.0 Å². The Kier molecular flexibility index (Phi) is 6.37. The van der Waals surface area contributed by atoms with E-state index in [9.17, 15) is 13.2 Å². The van der Waals surface area contributed by atoms with Crippen molar-refractivity contribution in [2.24, 2.45) is 0 Å². The van der Waals surface area contributed by atoms with E-state index in [1.54, 1.807) is 30.3 Å². The van der Waals surface area contributed by atoms with Gasteiger partial charge in [-0.2, -0.15) is 4.31 Å². The van der Waals surface area contributed by atoms with Gasteiger partial charge in [-0.25, -0.2) is 8.42 Å². The number of nitrogens with zero attached hydrogens (tertiary/aromatic N) is 1. The first-order chi connectivity index (χ1) is 14.3. The van der Waals surface area contributed by atoms with Crippen molar-refractivity contribution in [2.45, 2.75) is 17.9 Å². The average Bonchev–Trinajstić information content (AvgIpc) is 2.87. The zero-order valence-corrected chi connectivity index (χ0v) is 18.0. The molecule has 1 heterocycles.